The molecule has 0 N–H and O–H groups in total. The van der Waals surface area contributed by atoms with E-state index in [4.69, 9.17) is 0 Å². The molecule has 0 aliphatic heterocycles. The van der Waals surface area contributed by atoms with E-state index >= 15 is 0 Å². The van der Waals surface area contributed by atoms with Gasteiger partial charge in [0.1, 0.15) is 0 Å². The van der Waals surface area contributed by atoms with Crippen molar-refractivity contribution < 1.29 is 68.5 Å². The summed E-state index contributed by atoms with van der Waals surface area (Å²) in [5, 5.41) is 0. The van der Waals surface area contributed by atoms with Crippen LogP contribution in [0.3, 0.4) is 0 Å². The molecule has 0 aromatic carbocycles. The van der Waals surface area contributed by atoms with Crippen molar-refractivity contribution in [1.29, 1.82) is 0 Å². The van der Waals surface area contributed by atoms with Crippen molar-refractivity contribution in [3.8, 4) is 0 Å². The maximum absolute atomic E-state index is 9.98. The Hall–Kier alpha value is 1.51. The SMILES string of the molecule is CC(C)(C)CCCOS(=O)(=O)[O-].[K+]. The van der Waals surface area contributed by atoms with Crippen LogP contribution < -0.4 is 51.4 Å². The molecule has 13 heavy (non-hydrogen) atoms. The zero-order valence-electron chi connectivity index (χ0n) is 8.66. The minimum Gasteiger partial charge on any atom is -0.726 e. The molecule has 0 unspecified atom stereocenters. The van der Waals surface area contributed by atoms with Crippen LogP contribution in [0.25, 0.3) is 0 Å². The third kappa shape index (κ3) is 16.2. The van der Waals surface area contributed by atoms with Crippen LogP contribution in [0.5, 0.6) is 0 Å². The summed E-state index contributed by atoms with van der Waals surface area (Å²) < 4.78 is 34.0. The second kappa shape index (κ2) is 6.89. The monoisotopic (exact) mass is 234 g/mol. The summed E-state index contributed by atoms with van der Waals surface area (Å²) in [5.41, 5.74) is 0.149. The van der Waals surface area contributed by atoms with E-state index in [0.717, 1.165) is 6.42 Å². The molecule has 74 valence electrons. The number of hydrogen-bond donors (Lipinski definition) is 0. The summed E-state index contributed by atoms with van der Waals surface area (Å²) in [6.07, 6.45) is 1.42. The van der Waals surface area contributed by atoms with Crippen LogP contribution in [0.2, 0.25) is 0 Å². The quantitative estimate of drug-likeness (QED) is 0.251. The summed E-state index contributed by atoms with van der Waals surface area (Å²) >= 11 is 0. The van der Waals surface area contributed by atoms with Gasteiger partial charge >= 0.3 is 51.4 Å². The van der Waals surface area contributed by atoms with Crippen LogP contribution in [0.15, 0.2) is 0 Å². The van der Waals surface area contributed by atoms with Gasteiger partial charge in [-0.05, 0) is 18.3 Å². The Labute approximate surface area is 123 Å². The van der Waals surface area contributed by atoms with Crippen molar-refractivity contribution in [1.82, 2.24) is 0 Å². The van der Waals surface area contributed by atoms with Crippen molar-refractivity contribution in [2.24, 2.45) is 5.41 Å². The van der Waals surface area contributed by atoms with Crippen LogP contribution in [0, 0.1) is 5.41 Å². The molecule has 0 saturated heterocycles. The standard InChI is InChI=1S/C7H16O4S.K/c1-7(2,3)5-4-6-11-12(8,9)10;/h4-6H2,1-3H3,(H,8,9,10);/q;+1/p-1. The second-order valence-corrected chi connectivity index (χ2v) is 4.95. The van der Waals surface area contributed by atoms with E-state index in [2.05, 4.69) is 4.18 Å². The molecule has 0 aliphatic carbocycles. The number of hydrogen-bond acceptors (Lipinski definition) is 4. The van der Waals surface area contributed by atoms with Crippen LogP contribution in [-0.2, 0) is 14.6 Å². The van der Waals surface area contributed by atoms with Gasteiger partial charge in [0.15, 0.2) is 0 Å². The fraction of sp³-hybridized carbons (Fsp3) is 1.00. The van der Waals surface area contributed by atoms with Crippen molar-refractivity contribution >= 4 is 10.4 Å². The van der Waals surface area contributed by atoms with Gasteiger partial charge in [0.25, 0.3) is 0 Å². The molecule has 4 nitrogen and oxygen atoms in total. The fourth-order valence-electron chi connectivity index (χ4n) is 0.763. The first kappa shape index (κ1) is 16.9. The van der Waals surface area contributed by atoms with Gasteiger partial charge in [-0.1, -0.05) is 20.8 Å². The predicted octanol–water partition coefficient (Wildman–Crippen LogP) is -1.71. The van der Waals surface area contributed by atoms with E-state index in [0.29, 0.717) is 6.42 Å². The second-order valence-electron chi connectivity index (χ2n) is 3.89. The van der Waals surface area contributed by atoms with Crippen molar-refractivity contribution in [2.45, 2.75) is 33.6 Å². The largest absolute Gasteiger partial charge is 1.00 e. The molecule has 0 amide bonds. The molecule has 0 rings (SSSR count). The van der Waals surface area contributed by atoms with Gasteiger partial charge in [0.05, 0.1) is 6.61 Å². The molecule has 0 radical (unpaired) electrons. The average Bonchev–Trinajstić information content (AvgIpc) is 1.76. The van der Waals surface area contributed by atoms with Crippen molar-refractivity contribution in [3.63, 3.8) is 0 Å². The molecule has 0 aliphatic rings. The summed E-state index contributed by atoms with van der Waals surface area (Å²) in [7, 11) is -4.49. The van der Waals surface area contributed by atoms with E-state index in [1.54, 1.807) is 0 Å². The first-order valence-electron chi connectivity index (χ1n) is 3.81. The van der Waals surface area contributed by atoms with Crippen LogP contribution in [0.4, 0.5) is 0 Å². The average molecular weight is 234 g/mol. The van der Waals surface area contributed by atoms with Gasteiger partial charge in [0.2, 0.25) is 10.4 Å². The Morgan fingerprint density at radius 3 is 2.08 bits per heavy atom. The zero-order chi connectivity index (χ0) is 9.83. The van der Waals surface area contributed by atoms with Crippen LogP contribution in [-0.4, -0.2) is 19.6 Å². The van der Waals surface area contributed by atoms with Crippen molar-refractivity contribution in [3.05, 3.63) is 0 Å². The van der Waals surface area contributed by atoms with E-state index in [9.17, 15) is 13.0 Å². The van der Waals surface area contributed by atoms with E-state index < -0.39 is 10.4 Å². The first-order valence-corrected chi connectivity index (χ1v) is 5.14. The van der Waals surface area contributed by atoms with E-state index in [-0.39, 0.29) is 63.4 Å². The molecule has 0 atom stereocenters. The Morgan fingerprint density at radius 2 is 1.77 bits per heavy atom. The van der Waals surface area contributed by atoms with Crippen LogP contribution >= 0.6 is 0 Å². The minimum atomic E-state index is -4.49. The summed E-state index contributed by atoms with van der Waals surface area (Å²) in [6, 6.07) is 0. The van der Waals surface area contributed by atoms with Gasteiger partial charge in [-0.3, -0.25) is 4.18 Å². The topological polar surface area (TPSA) is 66.4 Å². The molecule has 0 heterocycles. The summed E-state index contributed by atoms with van der Waals surface area (Å²) in [6.45, 7) is 6.11. The first-order chi connectivity index (χ1) is 5.21. The Kier molecular flexibility index (Phi) is 8.97. The molecule has 0 spiro atoms. The van der Waals surface area contributed by atoms with Gasteiger partial charge in [0, 0.05) is 0 Å². The number of rotatable bonds is 4. The predicted molar refractivity (Wildman–Crippen MR) is 44.3 cm³/mol. The molecular weight excluding hydrogens is 219 g/mol. The molecule has 0 saturated carbocycles. The Morgan fingerprint density at radius 1 is 1.31 bits per heavy atom. The minimum absolute atomic E-state index is 0. The normalized spacial score (nSPS) is 12.3. The van der Waals surface area contributed by atoms with E-state index in [1.807, 2.05) is 20.8 Å². The van der Waals surface area contributed by atoms with Gasteiger partial charge < -0.3 is 4.55 Å². The van der Waals surface area contributed by atoms with Gasteiger partial charge in [-0.25, -0.2) is 8.42 Å². The summed E-state index contributed by atoms with van der Waals surface area (Å²) in [4.78, 5) is 0. The van der Waals surface area contributed by atoms with Gasteiger partial charge in [-0.15, -0.1) is 0 Å². The zero-order valence-corrected chi connectivity index (χ0v) is 12.6. The molecule has 0 aromatic heterocycles. The Balaban J connectivity index is 0. The third-order valence-corrected chi connectivity index (χ3v) is 1.75. The molecule has 6 heteroatoms. The maximum Gasteiger partial charge on any atom is 1.00 e. The van der Waals surface area contributed by atoms with Crippen LogP contribution in [0.1, 0.15) is 33.6 Å². The fourth-order valence-corrected chi connectivity index (χ4v) is 1.09. The smallest absolute Gasteiger partial charge is 0.726 e. The Bertz CT molecular complexity index is 217. The molecule has 0 fully saturated rings. The third-order valence-electron chi connectivity index (χ3n) is 1.30. The molecule has 0 aromatic rings. The van der Waals surface area contributed by atoms with Gasteiger partial charge in [-0.2, -0.15) is 0 Å². The van der Waals surface area contributed by atoms with Crippen molar-refractivity contribution in [2.75, 3.05) is 6.61 Å². The molecule has 0 bridgehead atoms. The molecular formula is C7H15KO4S. The van der Waals surface area contributed by atoms with E-state index in [1.165, 1.54) is 0 Å². The maximum atomic E-state index is 9.98. The summed E-state index contributed by atoms with van der Waals surface area (Å²) in [5.74, 6) is 0.